The molecule has 1 aliphatic rings. The van der Waals surface area contributed by atoms with Crippen molar-refractivity contribution in [3.8, 4) is 0 Å². The lowest BCUT2D eigenvalue weighted by Crippen LogP contribution is -2.30. The fourth-order valence-electron chi connectivity index (χ4n) is 1.80. The average Bonchev–Trinajstić information content (AvgIpc) is 2.63. The largest absolute Gasteiger partial charge is 0.354 e. The van der Waals surface area contributed by atoms with E-state index >= 15 is 0 Å². The summed E-state index contributed by atoms with van der Waals surface area (Å²) in [6, 6.07) is 6.25. The number of nitrogens with one attached hydrogen (secondary N) is 2. The molecule has 86 valence electrons. The second kappa shape index (κ2) is 4.85. The number of hydrogen-bond donors (Lipinski definition) is 2. The van der Waals surface area contributed by atoms with Crippen molar-refractivity contribution in [1.82, 2.24) is 10.6 Å². The van der Waals surface area contributed by atoms with Crippen LogP contribution in [0.1, 0.15) is 17.5 Å². The summed E-state index contributed by atoms with van der Waals surface area (Å²) in [5.74, 6) is 0.118. The van der Waals surface area contributed by atoms with Crippen LogP contribution in [0, 0.1) is 6.92 Å². The van der Waals surface area contributed by atoms with Crippen molar-refractivity contribution in [3.05, 3.63) is 34.3 Å². The monoisotopic (exact) mass is 238 g/mol. The minimum Gasteiger partial charge on any atom is -0.354 e. The first kappa shape index (κ1) is 11.4. The fourth-order valence-corrected chi connectivity index (χ4v) is 2.10. The zero-order valence-electron chi connectivity index (χ0n) is 9.22. The Hall–Kier alpha value is -1.06. The van der Waals surface area contributed by atoms with Gasteiger partial charge in [0.15, 0.2) is 0 Å². The van der Waals surface area contributed by atoms with Gasteiger partial charge in [-0.2, -0.15) is 0 Å². The molecule has 3 nitrogen and oxygen atoms in total. The van der Waals surface area contributed by atoms with Gasteiger partial charge in [0.05, 0.1) is 0 Å². The van der Waals surface area contributed by atoms with Crippen molar-refractivity contribution in [2.24, 2.45) is 0 Å². The van der Waals surface area contributed by atoms with Crippen LogP contribution >= 0.6 is 11.6 Å². The van der Waals surface area contributed by atoms with Gasteiger partial charge in [0.2, 0.25) is 5.91 Å². The number of amides is 1. The van der Waals surface area contributed by atoms with Gasteiger partial charge in [-0.15, -0.1) is 0 Å². The first-order valence-electron chi connectivity index (χ1n) is 5.40. The van der Waals surface area contributed by atoms with E-state index in [1.54, 1.807) is 0 Å². The Morgan fingerprint density at radius 2 is 2.38 bits per heavy atom. The quantitative estimate of drug-likeness (QED) is 0.841. The van der Waals surface area contributed by atoms with E-state index in [1.807, 2.05) is 25.1 Å². The minimum atomic E-state index is 0.118. The average molecular weight is 239 g/mol. The molecule has 0 radical (unpaired) electrons. The Balaban J connectivity index is 1.92. The van der Waals surface area contributed by atoms with Gasteiger partial charge in [-0.05, 0) is 24.1 Å². The molecule has 0 aliphatic carbocycles. The molecule has 16 heavy (non-hydrogen) atoms. The maximum absolute atomic E-state index is 11.0. The third kappa shape index (κ3) is 2.74. The van der Waals surface area contributed by atoms with Gasteiger partial charge in [0.25, 0.3) is 0 Å². The zero-order chi connectivity index (χ0) is 11.5. The molecule has 1 heterocycles. The number of carbonyl (C=O) groups is 1. The number of hydrogen-bond acceptors (Lipinski definition) is 2. The molecule has 0 saturated carbocycles. The van der Waals surface area contributed by atoms with Crippen molar-refractivity contribution in [2.45, 2.75) is 25.9 Å². The lowest BCUT2D eigenvalue weighted by molar-refractivity contribution is -0.119. The number of halogens is 1. The van der Waals surface area contributed by atoms with Gasteiger partial charge >= 0.3 is 0 Å². The van der Waals surface area contributed by atoms with Crippen LogP contribution in [0.3, 0.4) is 0 Å². The predicted octanol–water partition coefficient (Wildman–Crippen LogP) is 1.63. The van der Waals surface area contributed by atoms with E-state index < -0.39 is 0 Å². The molecule has 1 fully saturated rings. The summed E-state index contributed by atoms with van der Waals surface area (Å²) in [6.07, 6.45) is 0.559. The van der Waals surface area contributed by atoms with E-state index in [0.29, 0.717) is 19.5 Å². The van der Waals surface area contributed by atoms with Crippen LogP contribution in [0.5, 0.6) is 0 Å². The molecule has 4 heteroatoms. The summed E-state index contributed by atoms with van der Waals surface area (Å²) in [5, 5.41) is 6.90. The van der Waals surface area contributed by atoms with Crippen LogP contribution in [0.15, 0.2) is 18.2 Å². The van der Waals surface area contributed by atoms with Gasteiger partial charge in [-0.3, -0.25) is 4.79 Å². The Bertz CT molecular complexity index is 406. The van der Waals surface area contributed by atoms with Gasteiger partial charge in [0.1, 0.15) is 0 Å². The first-order chi connectivity index (χ1) is 7.65. The highest BCUT2D eigenvalue weighted by Crippen LogP contribution is 2.17. The molecule has 2 rings (SSSR count). The molecule has 1 aromatic rings. The van der Waals surface area contributed by atoms with E-state index in [2.05, 4.69) is 10.6 Å². The third-order valence-corrected chi connectivity index (χ3v) is 3.12. The maximum atomic E-state index is 11.0. The highest BCUT2D eigenvalue weighted by atomic mass is 35.5. The third-order valence-electron chi connectivity index (χ3n) is 2.77. The standard InChI is InChI=1S/C12H15ClN2O/c1-8-2-3-9(11(13)4-8)6-14-10-5-12(16)15-7-10/h2-4,10,14H,5-7H2,1H3,(H,15,16). The van der Waals surface area contributed by atoms with Gasteiger partial charge < -0.3 is 10.6 Å². The number of carbonyl (C=O) groups excluding carboxylic acids is 1. The van der Waals surface area contributed by atoms with Gasteiger partial charge in [-0.25, -0.2) is 0 Å². The highest BCUT2D eigenvalue weighted by molar-refractivity contribution is 6.31. The summed E-state index contributed by atoms with van der Waals surface area (Å²) < 4.78 is 0. The Labute approximate surface area is 100 Å². The van der Waals surface area contributed by atoms with Crippen LogP contribution in [-0.4, -0.2) is 18.5 Å². The molecule has 0 aromatic heterocycles. The van der Waals surface area contributed by atoms with Gasteiger partial charge in [-0.1, -0.05) is 23.7 Å². The van der Waals surface area contributed by atoms with Crippen LogP contribution in [0.4, 0.5) is 0 Å². The van der Waals surface area contributed by atoms with Crippen molar-refractivity contribution in [1.29, 1.82) is 0 Å². The van der Waals surface area contributed by atoms with Crippen molar-refractivity contribution >= 4 is 17.5 Å². The Kier molecular flexibility index (Phi) is 3.46. The molecule has 1 aliphatic heterocycles. The Morgan fingerprint density at radius 1 is 1.56 bits per heavy atom. The number of rotatable bonds is 3. The molecule has 1 atom stereocenters. The molecular weight excluding hydrogens is 224 g/mol. The molecular formula is C12H15ClN2O. The molecule has 1 unspecified atom stereocenters. The van der Waals surface area contributed by atoms with Crippen LogP contribution in [-0.2, 0) is 11.3 Å². The summed E-state index contributed by atoms with van der Waals surface area (Å²) in [7, 11) is 0. The molecule has 0 bridgehead atoms. The van der Waals surface area contributed by atoms with Crippen LogP contribution < -0.4 is 10.6 Å². The summed E-state index contributed by atoms with van der Waals surface area (Å²) in [4.78, 5) is 11.0. The summed E-state index contributed by atoms with van der Waals surface area (Å²) in [5.41, 5.74) is 2.23. The smallest absolute Gasteiger partial charge is 0.221 e. The van der Waals surface area contributed by atoms with E-state index in [4.69, 9.17) is 11.6 Å². The van der Waals surface area contributed by atoms with E-state index in [0.717, 1.165) is 16.1 Å². The lowest BCUT2D eigenvalue weighted by Gasteiger charge is -2.11. The van der Waals surface area contributed by atoms with E-state index in [-0.39, 0.29) is 11.9 Å². The highest BCUT2D eigenvalue weighted by Gasteiger charge is 2.20. The SMILES string of the molecule is Cc1ccc(CNC2CNC(=O)C2)c(Cl)c1. The van der Waals surface area contributed by atoms with Crippen molar-refractivity contribution in [2.75, 3.05) is 6.54 Å². The molecule has 1 amide bonds. The lowest BCUT2D eigenvalue weighted by atomic mass is 10.1. The van der Waals surface area contributed by atoms with Crippen LogP contribution in [0.2, 0.25) is 5.02 Å². The molecule has 1 aromatic carbocycles. The number of benzene rings is 1. The predicted molar refractivity (Wildman–Crippen MR) is 64.4 cm³/mol. The second-order valence-electron chi connectivity index (χ2n) is 4.18. The first-order valence-corrected chi connectivity index (χ1v) is 5.78. The molecule has 1 saturated heterocycles. The van der Waals surface area contributed by atoms with Crippen molar-refractivity contribution < 1.29 is 4.79 Å². The van der Waals surface area contributed by atoms with E-state index in [9.17, 15) is 4.79 Å². The summed E-state index contributed by atoms with van der Waals surface area (Å²) in [6.45, 7) is 3.43. The zero-order valence-corrected chi connectivity index (χ0v) is 9.97. The van der Waals surface area contributed by atoms with Crippen molar-refractivity contribution in [3.63, 3.8) is 0 Å². The number of aryl methyl sites for hydroxylation is 1. The second-order valence-corrected chi connectivity index (χ2v) is 4.59. The fraction of sp³-hybridized carbons (Fsp3) is 0.417. The summed E-state index contributed by atoms with van der Waals surface area (Å²) >= 11 is 6.12. The van der Waals surface area contributed by atoms with Crippen LogP contribution in [0.25, 0.3) is 0 Å². The molecule has 0 spiro atoms. The topological polar surface area (TPSA) is 41.1 Å². The van der Waals surface area contributed by atoms with Gasteiger partial charge in [0, 0.05) is 30.6 Å². The Morgan fingerprint density at radius 3 is 3.00 bits per heavy atom. The minimum absolute atomic E-state index is 0.118. The van der Waals surface area contributed by atoms with E-state index in [1.165, 1.54) is 0 Å². The maximum Gasteiger partial charge on any atom is 0.221 e. The molecule has 2 N–H and O–H groups in total. The normalized spacial score (nSPS) is 19.9.